The third kappa shape index (κ3) is 3.73. The maximum absolute atomic E-state index is 10.7. The fourth-order valence-electron chi connectivity index (χ4n) is 2.86. The van der Waals surface area contributed by atoms with Gasteiger partial charge in [-0.2, -0.15) is 0 Å². The molecule has 1 aromatic rings. The van der Waals surface area contributed by atoms with Gasteiger partial charge in [-0.3, -0.25) is 10.1 Å². The van der Waals surface area contributed by atoms with Gasteiger partial charge in [-0.15, -0.1) is 11.8 Å². The van der Waals surface area contributed by atoms with Gasteiger partial charge in [-0.25, -0.2) is 0 Å². The van der Waals surface area contributed by atoms with E-state index in [-0.39, 0.29) is 10.6 Å². The highest BCUT2D eigenvalue weighted by Crippen LogP contribution is 2.37. The first-order valence-corrected chi connectivity index (χ1v) is 8.10. The van der Waals surface area contributed by atoms with Gasteiger partial charge in [0.15, 0.2) is 0 Å². The smallest absolute Gasteiger partial charge is 0.269 e. The zero-order valence-electron chi connectivity index (χ0n) is 12.0. The van der Waals surface area contributed by atoms with Crippen LogP contribution in [0.5, 0.6) is 0 Å². The number of non-ortho nitro benzene ring substituents is 1. The number of hydrogen-bond donors (Lipinski definition) is 1. The molecule has 3 unspecified atom stereocenters. The Balaban J connectivity index is 2.03. The summed E-state index contributed by atoms with van der Waals surface area (Å²) in [5.41, 5.74) is 0.162. The topological polar surface area (TPSA) is 55.2 Å². The van der Waals surface area contributed by atoms with Crippen LogP contribution in [0.1, 0.15) is 32.6 Å². The molecular weight excluding hydrogens is 272 g/mol. The molecule has 110 valence electrons. The maximum Gasteiger partial charge on any atom is 0.269 e. The van der Waals surface area contributed by atoms with E-state index in [1.54, 1.807) is 12.1 Å². The summed E-state index contributed by atoms with van der Waals surface area (Å²) in [5.74, 6) is 0.815. The molecule has 0 amide bonds. The molecule has 1 aliphatic carbocycles. The fraction of sp³-hybridized carbons (Fsp3) is 0.600. The molecule has 0 spiro atoms. The van der Waals surface area contributed by atoms with E-state index in [1.165, 1.54) is 25.7 Å². The van der Waals surface area contributed by atoms with Crippen molar-refractivity contribution in [2.45, 2.75) is 48.8 Å². The SMILES string of the molecule is CCC1CCC(NC)C(Sc2ccc([N+](=O)[O-])cc2)C1. The van der Waals surface area contributed by atoms with Crippen LogP contribution in [-0.2, 0) is 0 Å². The molecule has 0 heterocycles. The summed E-state index contributed by atoms with van der Waals surface area (Å²) < 4.78 is 0. The molecule has 1 N–H and O–H groups in total. The number of hydrogen-bond acceptors (Lipinski definition) is 4. The van der Waals surface area contributed by atoms with Gasteiger partial charge in [-0.1, -0.05) is 13.3 Å². The van der Waals surface area contributed by atoms with Crippen LogP contribution < -0.4 is 5.32 Å². The molecule has 2 rings (SSSR count). The van der Waals surface area contributed by atoms with Crippen molar-refractivity contribution in [1.82, 2.24) is 5.32 Å². The number of nitrogens with zero attached hydrogens (tertiary/aromatic N) is 1. The first kappa shape index (κ1) is 15.3. The monoisotopic (exact) mass is 294 g/mol. The van der Waals surface area contributed by atoms with Crippen molar-refractivity contribution < 1.29 is 4.92 Å². The Morgan fingerprint density at radius 1 is 1.35 bits per heavy atom. The molecule has 0 bridgehead atoms. The minimum Gasteiger partial charge on any atom is -0.316 e. The van der Waals surface area contributed by atoms with Gasteiger partial charge < -0.3 is 5.32 Å². The van der Waals surface area contributed by atoms with Crippen molar-refractivity contribution in [3.05, 3.63) is 34.4 Å². The quantitative estimate of drug-likeness (QED) is 0.662. The zero-order chi connectivity index (χ0) is 14.5. The van der Waals surface area contributed by atoms with Crippen LogP contribution in [0.4, 0.5) is 5.69 Å². The Labute approximate surface area is 124 Å². The van der Waals surface area contributed by atoms with E-state index in [0.717, 1.165) is 10.8 Å². The van der Waals surface area contributed by atoms with Gasteiger partial charge in [-0.05, 0) is 44.4 Å². The Hall–Kier alpha value is -1.07. The van der Waals surface area contributed by atoms with E-state index in [9.17, 15) is 10.1 Å². The van der Waals surface area contributed by atoms with Crippen LogP contribution in [-0.4, -0.2) is 23.3 Å². The normalized spacial score (nSPS) is 26.4. The van der Waals surface area contributed by atoms with Gasteiger partial charge in [0.05, 0.1) is 4.92 Å². The van der Waals surface area contributed by atoms with Crippen molar-refractivity contribution >= 4 is 17.4 Å². The predicted octanol–water partition coefficient (Wildman–Crippen LogP) is 3.85. The average Bonchev–Trinajstić information content (AvgIpc) is 2.47. The Morgan fingerprint density at radius 2 is 2.05 bits per heavy atom. The summed E-state index contributed by atoms with van der Waals surface area (Å²) >= 11 is 1.85. The van der Waals surface area contributed by atoms with Crippen LogP contribution in [0.15, 0.2) is 29.2 Å². The molecule has 0 radical (unpaired) electrons. The van der Waals surface area contributed by atoms with Crippen molar-refractivity contribution in [1.29, 1.82) is 0 Å². The van der Waals surface area contributed by atoms with Crippen LogP contribution in [0.2, 0.25) is 0 Å². The van der Waals surface area contributed by atoms with E-state index in [2.05, 4.69) is 12.2 Å². The van der Waals surface area contributed by atoms with E-state index in [1.807, 2.05) is 30.9 Å². The lowest BCUT2D eigenvalue weighted by atomic mass is 9.84. The molecule has 20 heavy (non-hydrogen) atoms. The van der Waals surface area contributed by atoms with E-state index in [4.69, 9.17) is 0 Å². The zero-order valence-corrected chi connectivity index (χ0v) is 12.9. The van der Waals surface area contributed by atoms with Crippen LogP contribution in [0.25, 0.3) is 0 Å². The molecular formula is C15H22N2O2S. The molecule has 4 nitrogen and oxygen atoms in total. The first-order chi connectivity index (χ1) is 9.63. The van der Waals surface area contributed by atoms with Gasteiger partial charge >= 0.3 is 0 Å². The summed E-state index contributed by atoms with van der Waals surface area (Å²) in [4.78, 5) is 11.4. The number of nitro benzene ring substituents is 1. The molecule has 1 fully saturated rings. The molecule has 3 atom stereocenters. The maximum atomic E-state index is 10.7. The highest BCUT2D eigenvalue weighted by molar-refractivity contribution is 8.00. The van der Waals surface area contributed by atoms with Gasteiger partial charge in [0.25, 0.3) is 5.69 Å². The molecule has 0 aromatic heterocycles. The largest absolute Gasteiger partial charge is 0.316 e. The van der Waals surface area contributed by atoms with Gasteiger partial charge in [0.2, 0.25) is 0 Å². The molecule has 1 aromatic carbocycles. The standard InChI is InChI=1S/C15H22N2O2S/c1-3-11-4-9-14(16-2)15(10-11)20-13-7-5-12(6-8-13)17(18)19/h5-8,11,14-16H,3-4,9-10H2,1-2H3. The Bertz CT molecular complexity index is 450. The molecule has 1 saturated carbocycles. The number of thioether (sulfide) groups is 1. The highest BCUT2D eigenvalue weighted by atomic mass is 32.2. The number of benzene rings is 1. The van der Waals surface area contributed by atoms with Crippen molar-refractivity contribution in [2.75, 3.05) is 7.05 Å². The minimum absolute atomic E-state index is 0.162. The van der Waals surface area contributed by atoms with Crippen molar-refractivity contribution in [2.24, 2.45) is 5.92 Å². The second kappa shape index (κ2) is 7.09. The average molecular weight is 294 g/mol. The Morgan fingerprint density at radius 3 is 2.60 bits per heavy atom. The summed E-state index contributed by atoms with van der Waals surface area (Å²) in [6, 6.07) is 7.46. The third-order valence-corrected chi connectivity index (χ3v) is 5.55. The van der Waals surface area contributed by atoms with E-state index >= 15 is 0 Å². The van der Waals surface area contributed by atoms with Gasteiger partial charge in [0.1, 0.15) is 0 Å². The predicted molar refractivity (Wildman–Crippen MR) is 83.2 cm³/mol. The lowest BCUT2D eigenvalue weighted by Gasteiger charge is -2.35. The van der Waals surface area contributed by atoms with E-state index < -0.39 is 0 Å². The lowest BCUT2D eigenvalue weighted by molar-refractivity contribution is -0.384. The molecule has 0 saturated heterocycles. The summed E-state index contributed by atoms with van der Waals surface area (Å²) in [5, 5.41) is 14.6. The summed E-state index contributed by atoms with van der Waals surface area (Å²) in [6.45, 7) is 2.26. The summed E-state index contributed by atoms with van der Waals surface area (Å²) in [7, 11) is 2.03. The molecule has 0 aliphatic heterocycles. The van der Waals surface area contributed by atoms with Crippen molar-refractivity contribution in [3.63, 3.8) is 0 Å². The lowest BCUT2D eigenvalue weighted by Crippen LogP contribution is -2.40. The molecule has 5 heteroatoms. The van der Waals surface area contributed by atoms with E-state index in [0.29, 0.717) is 11.3 Å². The van der Waals surface area contributed by atoms with Crippen LogP contribution >= 0.6 is 11.8 Å². The van der Waals surface area contributed by atoms with Crippen LogP contribution in [0, 0.1) is 16.0 Å². The number of rotatable bonds is 5. The number of nitrogens with one attached hydrogen (secondary N) is 1. The highest BCUT2D eigenvalue weighted by Gasteiger charge is 2.29. The number of nitro groups is 1. The fourth-order valence-corrected chi connectivity index (χ4v) is 4.31. The Kier molecular flexibility index (Phi) is 5.43. The second-order valence-electron chi connectivity index (χ2n) is 5.39. The minimum atomic E-state index is -0.349. The van der Waals surface area contributed by atoms with Gasteiger partial charge in [0, 0.05) is 28.3 Å². The van der Waals surface area contributed by atoms with Crippen LogP contribution in [0.3, 0.4) is 0 Å². The summed E-state index contributed by atoms with van der Waals surface area (Å²) in [6.07, 6.45) is 5.00. The third-order valence-electron chi connectivity index (χ3n) is 4.18. The van der Waals surface area contributed by atoms with Crippen molar-refractivity contribution in [3.8, 4) is 0 Å². The first-order valence-electron chi connectivity index (χ1n) is 7.22. The second-order valence-corrected chi connectivity index (χ2v) is 6.70. The molecule has 1 aliphatic rings.